The van der Waals surface area contributed by atoms with Crippen LogP contribution < -0.4 is 4.57 Å². The van der Waals surface area contributed by atoms with Crippen molar-refractivity contribution in [1.29, 1.82) is 0 Å². The zero-order valence-electron chi connectivity index (χ0n) is 30.5. The van der Waals surface area contributed by atoms with Gasteiger partial charge in [-0.1, -0.05) is 79.7 Å². The number of nitrogens with zero attached hydrogens (tertiary/aromatic N) is 2. The molecule has 3 heteroatoms. The molecule has 4 aromatic carbocycles. The number of fused-ring (bicyclic) bond motifs is 3. The van der Waals surface area contributed by atoms with Crippen LogP contribution in [0.4, 0.5) is 5.69 Å². The van der Waals surface area contributed by atoms with Crippen LogP contribution in [0.3, 0.4) is 0 Å². The predicted octanol–water partition coefficient (Wildman–Crippen LogP) is 9.10. The molecule has 196 valence electrons. The molecule has 0 N–H and O–H groups in total. The molecule has 2 heterocycles. The molecular formula is C37H33N2O+. The molecule has 6 aromatic rings. The normalized spacial score (nSPS) is 15.7. The van der Waals surface area contributed by atoms with Crippen LogP contribution in [0.2, 0.25) is 0 Å². The molecular weight excluding hydrogens is 488 g/mol. The van der Waals surface area contributed by atoms with E-state index in [0.29, 0.717) is 27.6 Å². The van der Waals surface area contributed by atoms with Gasteiger partial charge in [-0.25, -0.2) is 9.41 Å². The van der Waals surface area contributed by atoms with E-state index in [1.54, 1.807) is 23.7 Å². The quantitative estimate of drug-likeness (QED) is 0.161. The molecule has 40 heavy (non-hydrogen) atoms. The Morgan fingerprint density at radius 3 is 2.15 bits per heavy atom. The smallest absolute Gasteiger partial charge is 0.216 e. The molecule has 0 aliphatic carbocycles. The lowest BCUT2D eigenvalue weighted by Crippen LogP contribution is -2.31. The average molecular weight is 530 g/mol. The summed E-state index contributed by atoms with van der Waals surface area (Å²) < 4.78 is 76.5. The molecule has 0 fully saturated rings. The lowest BCUT2D eigenvalue weighted by Gasteiger charge is -2.31. The number of benzene rings is 4. The lowest BCUT2D eigenvalue weighted by molar-refractivity contribution is -0.660. The van der Waals surface area contributed by atoms with Gasteiger partial charge >= 0.3 is 0 Å². The maximum atomic E-state index is 9.88. The Balaban J connectivity index is 1.70. The summed E-state index contributed by atoms with van der Waals surface area (Å²) in [6, 6.07) is 27.2. The third kappa shape index (κ3) is 4.17. The van der Waals surface area contributed by atoms with Gasteiger partial charge in [-0.15, -0.1) is 0 Å². The van der Waals surface area contributed by atoms with Crippen molar-refractivity contribution in [1.82, 2.24) is 0 Å². The first-order chi connectivity index (χ1) is 22.5. The van der Waals surface area contributed by atoms with Gasteiger partial charge in [0.05, 0.1) is 12.1 Å². The summed E-state index contributed by atoms with van der Waals surface area (Å²) in [4.78, 5) is 3.71. The molecule has 3 nitrogen and oxygen atoms in total. The fourth-order valence-corrected chi connectivity index (χ4v) is 5.52. The Hall–Kier alpha value is -4.68. The van der Waals surface area contributed by atoms with E-state index >= 15 is 0 Å². The molecule has 0 saturated heterocycles. The summed E-state index contributed by atoms with van der Waals surface area (Å²) in [5, 5.41) is 1.16. The van der Waals surface area contributed by atoms with Gasteiger partial charge in [-0.2, -0.15) is 0 Å². The van der Waals surface area contributed by atoms with Gasteiger partial charge in [-0.05, 0) is 67.0 Å². The molecule has 0 aliphatic rings. The molecule has 0 aliphatic heterocycles. The fraction of sp³-hybridized carbons (Fsp3) is 0.189. The molecule has 0 atom stereocenters. The zero-order chi connectivity index (χ0) is 34.8. The second-order valence-electron chi connectivity index (χ2n) is 10.3. The summed E-state index contributed by atoms with van der Waals surface area (Å²) in [7, 11) is 1.65. The standard InChI is InChI=1S/C37H33N2O/c1-24-17-18-31-32-21-30(38-5)20-27(22-37(4,28-13-9-7-10-14-28)29-15-11-8-12-16-29)35(32)40-36(31)34(24)33-19-25(2)26(3)23-39(33)6/h7-21,23H,22H2,1-4,6H3/q+1/i2D3,3D3,22D2. The van der Waals surface area contributed by atoms with E-state index in [1.165, 1.54) is 12.3 Å². The maximum absolute atomic E-state index is 9.88. The monoisotopic (exact) mass is 529 g/mol. The first-order valence-corrected chi connectivity index (χ1v) is 13.0. The number of hydrogen-bond donors (Lipinski definition) is 0. The van der Waals surface area contributed by atoms with Gasteiger partial charge in [0, 0.05) is 38.8 Å². The van der Waals surface area contributed by atoms with Crippen LogP contribution >= 0.6 is 0 Å². The molecule has 0 spiro atoms. The SMILES string of the molecule is [2H]C([2H])([2H])c1cc(-c2c(C)ccc3c2oc2c(C([2H])([2H])C(C)(c4ccccc4)c4ccccc4)cc([N+]#[C-])cc23)[n+](C)cc1C([2H])([2H])[2H]. The Labute approximate surface area is 247 Å². The van der Waals surface area contributed by atoms with Crippen molar-refractivity contribution in [3.63, 3.8) is 0 Å². The van der Waals surface area contributed by atoms with E-state index in [0.717, 1.165) is 16.7 Å². The third-order valence-electron chi connectivity index (χ3n) is 7.68. The Kier molecular flexibility index (Phi) is 4.37. The third-order valence-corrected chi connectivity index (χ3v) is 7.68. The number of aryl methyl sites for hydroxylation is 4. The first-order valence-electron chi connectivity index (χ1n) is 17.0. The van der Waals surface area contributed by atoms with E-state index in [4.69, 9.17) is 19.2 Å². The van der Waals surface area contributed by atoms with Crippen LogP contribution in [0, 0.1) is 27.2 Å². The van der Waals surface area contributed by atoms with Crippen LogP contribution in [0.25, 0.3) is 38.0 Å². The van der Waals surface area contributed by atoms with E-state index in [-0.39, 0.29) is 28.0 Å². The van der Waals surface area contributed by atoms with Crippen LogP contribution in [0.15, 0.2) is 102 Å². The molecule has 0 unspecified atom stereocenters. The zero-order valence-corrected chi connectivity index (χ0v) is 22.5. The second-order valence-corrected chi connectivity index (χ2v) is 10.3. The summed E-state index contributed by atoms with van der Waals surface area (Å²) in [6.45, 7) is 6.28. The molecule has 0 bridgehead atoms. The van der Waals surface area contributed by atoms with Crippen LogP contribution in [-0.4, -0.2) is 0 Å². The van der Waals surface area contributed by atoms with E-state index in [1.807, 2.05) is 86.6 Å². The highest BCUT2D eigenvalue weighted by atomic mass is 16.3. The molecule has 0 amide bonds. The molecule has 6 rings (SSSR count). The Morgan fingerprint density at radius 2 is 1.52 bits per heavy atom. The molecule has 0 saturated carbocycles. The largest absolute Gasteiger partial charge is 0.455 e. The van der Waals surface area contributed by atoms with Gasteiger partial charge < -0.3 is 4.42 Å². The summed E-state index contributed by atoms with van der Waals surface area (Å²) in [5.41, 5.74) is 2.52. The number of rotatable bonds is 5. The lowest BCUT2D eigenvalue weighted by atomic mass is 9.72. The van der Waals surface area contributed by atoms with Gasteiger partial charge in [0.1, 0.15) is 18.2 Å². The van der Waals surface area contributed by atoms with E-state index < -0.39 is 25.5 Å². The van der Waals surface area contributed by atoms with Crippen LogP contribution in [-0.2, 0) is 18.8 Å². The van der Waals surface area contributed by atoms with Gasteiger partial charge in [-0.3, -0.25) is 0 Å². The van der Waals surface area contributed by atoms with Crippen molar-refractivity contribution in [3.05, 3.63) is 142 Å². The number of hydrogen-bond acceptors (Lipinski definition) is 1. The summed E-state index contributed by atoms with van der Waals surface area (Å²) in [6.07, 6.45) is -0.782. The Morgan fingerprint density at radius 1 is 0.850 bits per heavy atom. The van der Waals surface area contributed by atoms with Gasteiger partial charge in [0.15, 0.2) is 11.9 Å². The molecule has 2 aromatic heterocycles. The fourth-order valence-electron chi connectivity index (χ4n) is 5.52. The predicted molar refractivity (Wildman–Crippen MR) is 164 cm³/mol. The minimum atomic E-state index is -2.70. The van der Waals surface area contributed by atoms with Crippen molar-refractivity contribution >= 4 is 27.6 Å². The van der Waals surface area contributed by atoms with Crippen molar-refractivity contribution in [2.75, 3.05) is 0 Å². The molecule has 0 radical (unpaired) electrons. The first kappa shape index (κ1) is 17.8. The number of furan rings is 1. The highest BCUT2D eigenvalue weighted by Crippen LogP contribution is 2.43. The van der Waals surface area contributed by atoms with Crippen LogP contribution in [0.1, 0.15) is 51.3 Å². The minimum absolute atomic E-state index is 0.200. The topological polar surface area (TPSA) is 21.4 Å². The van der Waals surface area contributed by atoms with Crippen molar-refractivity contribution in [3.8, 4) is 11.3 Å². The Bertz CT molecular complexity index is 2190. The van der Waals surface area contributed by atoms with Gasteiger partial charge in [0.2, 0.25) is 5.69 Å². The highest BCUT2D eigenvalue weighted by molar-refractivity contribution is 6.11. The van der Waals surface area contributed by atoms with Crippen LogP contribution in [0.5, 0.6) is 0 Å². The van der Waals surface area contributed by atoms with Crippen molar-refractivity contribution < 1.29 is 20.0 Å². The maximum Gasteiger partial charge on any atom is 0.216 e. The van der Waals surface area contributed by atoms with Crippen molar-refractivity contribution in [2.24, 2.45) is 7.05 Å². The van der Waals surface area contributed by atoms with Crippen molar-refractivity contribution in [2.45, 2.75) is 39.3 Å². The average Bonchev–Trinajstić information content (AvgIpc) is 3.42. The van der Waals surface area contributed by atoms with Gasteiger partial charge in [0.25, 0.3) is 0 Å². The second kappa shape index (κ2) is 9.81. The number of aromatic nitrogens is 1. The van der Waals surface area contributed by atoms with E-state index in [2.05, 4.69) is 4.85 Å². The highest BCUT2D eigenvalue weighted by Gasteiger charge is 2.31. The van der Waals surface area contributed by atoms with E-state index in [9.17, 15) is 2.74 Å². The minimum Gasteiger partial charge on any atom is -0.455 e. The number of pyridine rings is 1. The summed E-state index contributed by atoms with van der Waals surface area (Å²) in [5.74, 6) is 0. The summed E-state index contributed by atoms with van der Waals surface area (Å²) >= 11 is 0.